The first-order valence-electron chi connectivity index (χ1n) is 6.41. The van der Waals surface area contributed by atoms with Gasteiger partial charge in [0.15, 0.2) is 0 Å². The van der Waals surface area contributed by atoms with Gasteiger partial charge in [-0.25, -0.2) is 0 Å². The van der Waals surface area contributed by atoms with E-state index in [1.54, 1.807) is 0 Å². The van der Waals surface area contributed by atoms with E-state index in [1.807, 2.05) is 12.1 Å². The topological polar surface area (TPSA) is 23.8 Å². The molecule has 0 heterocycles. The minimum absolute atomic E-state index is 0.740. The van der Waals surface area contributed by atoms with Gasteiger partial charge in [-0.15, -0.1) is 0 Å². The molecular weight excluding hydrogens is 218 g/mol. The van der Waals surface area contributed by atoms with Crippen LogP contribution < -0.4 is 0 Å². The van der Waals surface area contributed by atoms with E-state index in [4.69, 9.17) is 5.26 Å². The van der Waals surface area contributed by atoms with E-state index in [0.717, 1.165) is 18.4 Å². The molecule has 0 aliphatic carbocycles. The molecule has 1 nitrogen and oxygen atoms in total. The van der Waals surface area contributed by atoms with Crippen LogP contribution >= 0.6 is 0 Å². The summed E-state index contributed by atoms with van der Waals surface area (Å²) < 4.78 is 0. The molecule has 2 aromatic carbocycles. The number of rotatable bonds is 3. The van der Waals surface area contributed by atoms with Crippen molar-refractivity contribution in [3.05, 3.63) is 59.2 Å². The van der Waals surface area contributed by atoms with Crippen LogP contribution in [-0.4, -0.2) is 0 Å². The van der Waals surface area contributed by atoms with Gasteiger partial charge < -0.3 is 0 Å². The summed E-state index contributed by atoms with van der Waals surface area (Å²) in [5, 5.41) is 8.97. The van der Waals surface area contributed by atoms with Gasteiger partial charge in [-0.2, -0.15) is 5.26 Å². The summed E-state index contributed by atoms with van der Waals surface area (Å²) in [6, 6.07) is 16.7. The average Bonchev–Trinajstić information content (AvgIpc) is 2.46. The molecule has 2 aromatic rings. The normalized spacial score (nSPS) is 10.1. The van der Waals surface area contributed by atoms with Gasteiger partial charge in [0, 0.05) is 0 Å². The Labute approximate surface area is 109 Å². The van der Waals surface area contributed by atoms with Crippen LogP contribution in [-0.2, 0) is 12.8 Å². The summed E-state index contributed by atoms with van der Waals surface area (Å²) in [6.07, 6.45) is 1.97. The van der Waals surface area contributed by atoms with Crippen LogP contribution in [0.1, 0.15) is 30.5 Å². The van der Waals surface area contributed by atoms with Crippen LogP contribution in [0.3, 0.4) is 0 Å². The predicted molar refractivity (Wildman–Crippen MR) is 75.3 cm³/mol. The molecule has 1 heteroatoms. The van der Waals surface area contributed by atoms with Crippen LogP contribution in [0, 0.1) is 11.3 Å². The van der Waals surface area contributed by atoms with Gasteiger partial charge in [-0.05, 0) is 47.2 Å². The molecule has 0 atom stereocenters. The van der Waals surface area contributed by atoms with Crippen molar-refractivity contribution in [2.24, 2.45) is 0 Å². The van der Waals surface area contributed by atoms with E-state index < -0.39 is 0 Å². The lowest BCUT2D eigenvalue weighted by molar-refractivity contribution is 1.12. The lowest BCUT2D eigenvalue weighted by Crippen LogP contribution is -1.93. The van der Waals surface area contributed by atoms with Crippen LogP contribution in [0.25, 0.3) is 11.1 Å². The fourth-order valence-corrected chi connectivity index (χ4v) is 2.31. The number of nitrogens with zero attached hydrogens (tertiary/aromatic N) is 1. The molecule has 90 valence electrons. The predicted octanol–water partition coefficient (Wildman–Crippen LogP) is 4.35. The van der Waals surface area contributed by atoms with Gasteiger partial charge >= 0.3 is 0 Å². The van der Waals surface area contributed by atoms with Crippen LogP contribution in [0.2, 0.25) is 0 Å². The minimum atomic E-state index is 0.740. The molecular formula is C17H17N. The Balaban J connectivity index is 2.60. The first-order chi connectivity index (χ1) is 8.80. The van der Waals surface area contributed by atoms with E-state index in [0.29, 0.717) is 0 Å². The molecule has 0 spiro atoms. The molecule has 0 unspecified atom stereocenters. The molecule has 0 saturated carbocycles. The highest BCUT2D eigenvalue weighted by Crippen LogP contribution is 2.28. The molecule has 0 fully saturated rings. The Kier molecular flexibility index (Phi) is 3.79. The van der Waals surface area contributed by atoms with Crippen molar-refractivity contribution in [2.75, 3.05) is 0 Å². The highest BCUT2D eigenvalue weighted by atomic mass is 14.2. The van der Waals surface area contributed by atoms with Gasteiger partial charge in [0.05, 0.1) is 11.6 Å². The Hall–Kier alpha value is -2.07. The van der Waals surface area contributed by atoms with Crippen molar-refractivity contribution in [3.63, 3.8) is 0 Å². The maximum absolute atomic E-state index is 8.97. The second kappa shape index (κ2) is 5.51. The number of aryl methyl sites for hydroxylation is 2. The zero-order chi connectivity index (χ0) is 13.0. The molecule has 2 rings (SSSR count). The lowest BCUT2D eigenvalue weighted by Gasteiger charge is -2.12. The zero-order valence-electron chi connectivity index (χ0n) is 10.9. The summed E-state index contributed by atoms with van der Waals surface area (Å²) in [4.78, 5) is 0. The third kappa shape index (κ3) is 2.28. The number of benzene rings is 2. The number of hydrogen-bond acceptors (Lipinski definition) is 1. The van der Waals surface area contributed by atoms with Crippen molar-refractivity contribution in [2.45, 2.75) is 26.7 Å². The molecule has 0 N–H and O–H groups in total. The summed E-state index contributed by atoms with van der Waals surface area (Å²) in [6.45, 7) is 4.31. The standard InChI is InChI=1S/C17H17N/c1-3-14-7-5-6-8-16(14)17-10-9-13(12-18)11-15(17)4-2/h5-11H,3-4H2,1-2H3. The van der Waals surface area contributed by atoms with Crippen molar-refractivity contribution in [1.82, 2.24) is 0 Å². The maximum Gasteiger partial charge on any atom is 0.0991 e. The molecule has 0 radical (unpaired) electrons. The maximum atomic E-state index is 8.97. The third-order valence-electron chi connectivity index (χ3n) is 3.30. The second-order valence-electron chi connectivity index (χ2n) is 4.35. The van der Waals surface area contributed by atoms with Gasteiger partial charge in [0.1, 0.15) is 0 Å². The third-order valence-corrected chi connectivity index (χ3v) is 3.30. The van der Waals surface area contributed by atoms with Crippen LogP contribution in [0.15, 0.2) is 42.5 Å². The smallest absolute Gasteiger partial charge is 0.0991 e. The Morgan fingerprint density at radius 1 is 0.889 bits per heavy atom. The van der Waals surface area contributed by atoms with Gasteiger partial charge in [0.25, 0.3) is 0 Å². The molecule has 0 amide bonds. The van der Waals surface area contributed by atoms with Crippen LogP contribution in [0.5, 0.6) is 0 Å². The highest BCUT2D eigenvalue weighted by Gasteiger charge is 2.08. The molecule has 0 saturated heterocycles. The summed E-state index contributed by atoms with van der Waals surface area (Å²) in [5.74, 6) is 0. The van der Waals surface area contributed by atoms with Gasteiger partial charge in [-0.3, -0.25) is 0 Å². The monoisotopic (exact) mass is 235 g/mol. The number of hydrogen-bond donors (Lipinski definition) is 0. The van der Waals surface area contributed by atoms with Gasteiger partial charge in [0.2, 0.25) is 0 Å². The van der Waals surface area contributed by atoms with E-state index >= 15 is 0 Å². The first kappa shape index (κ1) is 12.4. The van der Waals surface area contributed by atoms with Crippen molar-refractivity contribution < 1.29 is 0 Å². The second-order valence-corrected chi connectivity index (χ2v) is 4.35. The molecule has 18 heavy (non-hydrogen) atoms. The summed E-state index contributed by atoms with van der Waals surface area (Å²) >= 11 is 0. The highest BCUT2D eigenvalue weighted by molar-refractivity contribution is 5.71. The van der Waals surface area contributed by atoms with Gasteiger partial charge in [-0.1, -0.05) is 44.2 Å². The Morgan fingerprint density at radius 2 is 1.56 bits per heavy atom. The Bertz CT molecular complexity index is 591. The number of nitriles is 1. The summed E-state index contributed by atoms with van der Waals surface area (Å²) in [7, 11) is 0. The molecule has 0 aliphatic heterocycles. The largest absolute Gasteiger partial charge is 0.192 e. The van der Waals surface area contributed by atoms with E-state index in [-0.39, 0.29) is 0 Å². The van der Waals surface area contributed by atoms with Crippen molar-refractivity contribution in [3.8, 4) is 17.2 Å². The van der Waals surface area contributed by atoms with Crippen LogP contribution in [0.4, 0.5) is 0 Å². The minimum Gasteiger partial charge on any atom is -0.192 e. The first-order valence-corrected chi connectivity index (χ1v) is 6.41. The molecule has 0 bridgehead atoms. The lowest BCUT2D eigenvalue weighted by atomic mass is 9.92. The van der Waals surface area contributed by atoms with Crippen molar-refractivity contribution >= 4 is 0 Å². The van der Waals surface area contributed by atoms with E-state index in [1.165, 1.54) is 22.3 Å². The SMILES string of the molecule is CCc1ccccc1-c1ccc(C#N)cc1CC. The van der Waals surface area contributed by atoms with E-state index in [9.17, 15) is 0 Å². The quantitative estimate of drug-likeness (QED) is 0.775. The zero-order valence-corrected chi connectivity index (χ0v) is 10.9. The average molecular weight is 235 g/mol. The molecule has 0 aliphatic rings. The fourth-order valence-electron chi connectivity index (χ4n) is 2.31. The summed E-state index contributed by atoms with van der Waals surface area (Å²) in [5.41, 5.74) is 5.90. The Morgan fingerprint density at radius 3 is 2.22 bits per heavy atom. The molecule has 0 aromatic heterocycles. The van der Waals surface area contributed by atoms with Crippen molar-refractivity contribution in [1.29, 1.82) is 5.26 Å². The fraction of sp³-hybridized carbons (Fsp3) is 0.235. The van der Waals surface area contributed by atoms with E-state index in [2.05, 4.69) is 50.2 Å².